The average molecular weight is 210 g/mol. The van der Waals surface area contributed by atoms with Crippen LogP contribution in [0.4, 0.5) is 0 Å². The lowest BCUT2D eigenvalue weighted by Gasteiger charge is -2.17. The molecule has 0 saturated carbocycles. The van der Waals surface area contributed by atoms with Gasteiger partial charge in [0.25, 0.3) is 5.91 Å². The summed E-state index contributed by atoms with van der Waals surface area (Å²) in [6, 6.07) is 0.0193. The van der Waals surface area contributed by atoms with Crippen LogP contribution in [0, 0.1) is 0 Å². The van der Waals surface area contributed by atoms with E-state index in [0.29, 0.717) is 5.69 Å². The second-order valence-corrected chi connectivity index (χ2v) is 3.48. The number of amides is 1. The molecule has 6 nitrogen and oxygen atoms in total. The van der Waals surface area contributed by atoms with Gasteiger partial charge in [0.05, 0.1) is 24.7 Å². The molecule has 6 heteroatoms. The second kappa shape index (κ2) is 4.41. The number of rotatable bonds is 3. The first-order valence-electron chi connectivity index (χ1n) is 4.84. The van der Waals surface area contributed by atoms with E-state index in [-0.39, 0.29) is 18.1 Å². The Kier molecular flexibility index (Phi) is 2.98. The van der Waals surface area contributed by atoms with E-state index in [2.05, 4.69) is 20.6 Å². The average Bonchev–Trinajstić information content (AvgIpc) is 2.87. The highest BCUT2D eigenvalue weighted by Gasteiger charge is 2.28. The molecular weight excluding hydrogens is 196 g/mol. The summed E-state index contributed by atoms with van der Waals surface area (Å²) in [5, 5.41) is 6.04. The number of nitrogens with one attached hydrogen (secondary N) is 3. The molecule has 82 valence electrons. The van der Waals surface area contributed by atoms with Crippen molar-refractivity contribution < 1.29 is 9.53 Å². The smallest absolute Gasteiger partial charge is 0.269 e. The SMILES string of the molecule is CO[C@H]1CNCC1NC(=O)c1cnc[nH]1. The molecule has 1 aromatic rings. The van der Waals surface area contributed by atoms with Crippen LogP contribution in [0.25, 0.3) is 0 Å². The highest BCUT2D eigenvalue weighted by molar-refractivity contribution is 5.92. The third kappa shape index (κ3) is 2.16. The summed E-state index contributed by atoms with van der Waals surface area (Å²) in [5.74, 6) is -0.150. The summed E-state index contributed by atoms with van der Waals surface area (Å²) >= 11 is 0. The molecule has 2 atom stereocenters. The predicted octanol–water partition coefficient (Wildman–Crippen LogP) is -0.874. The van der Waals surface area contributed by atoms with Gasteiger partial charge in [-0.3, -0.25) is 4.79 Å². The summed E-state index contributed by atoms with van der Waals surface area (Å²) in [5.41, 5.74) is 0.469. The number of H-pyrrole nitrogens is 1. The fourth-order valence-electron chi connectivity index (χ4n) is 1.67. The second-order valence-electron chi connectivity index (χ2n) is 3.48. The van der Waals surface area contributed by atoms with Crippen molar-refractivity contribution in [2.45, 2.75) is 12.1 Å². The molecule has 1 unspecified atom stereocenters. The number of imidazole rings is 1. The van der Waals surface area contributed by atoms with Crippen LogP contribution in [0.3, 0.4) is 0 Å². The van der Waals surface area contributed by atoms with E-state index in [1.165, 1.54) is 12.5 Å². The third-order valence-electron chi connectivity index (χ3n) is 2.52. The molecule has 1 saturated heterocycles. The molecule has 2 heterocycles. The summed E-state index contributed by atoms with van der Waals surface area (Å²) in [6.07, 6.45) is 3.02. The van der Waals surface area contributed by atoms with Crippen LogP contribution in [0.2, 0.25) is 0 Å². The summed E-state index contributed by atoms with van der Waals surface area (Å²) in [6.45, 7) is 1.50. The van der Waals surface area contributed by atoms with Crippen LogP contribution in [0.15, 0.2) is 12.5 Å². The topological polar surface area (TPSA) is 79.0 Å². The highest BCUT2D eigenvalue weighted by Crippen LogP contribution is 2.04. The van der Waals surface area contributed by atoms with Gasteiger partial charge in [-0.2, -0.15) is 0 Å². The van der Waals surface area contributed by atoms with E-state index in [4.69, 9.17) is 4.74 Å². The van der Waals surface area contributed by atoms with Gasteiger partial charge in [0.1, 0.15) is 5.69 Å². The number of carbonyl (C=O) groups is 1. The monoisotopic (exact) mass is 210 g/mol. The molecule has 1 aromatic heterocycles. The van der Waals surface area contributed by atoms with Crippen LogP contribution in [0.5, 0.6) is 0 Å². The number of carbonyl (C=O) groups excluding carboxylic acids is 1. The maximum absolute atomic E-state index is 11.7. The van der Waals surface area contributed by atoms with Crippen molar-refractivity contribution in [3.05, 3.63) is 18.2 Å². The predicted molar refractivity (Wildman–Crippen MR) is 53.5 cm³/mol. The molecule has 15 heavy (non-hydrogen) atoms. The first-order chi connectivity index (χ1) is 7.31. The Morgan fingerprint density at radius 3 is 3.20 bits per heavy atom. The lowest BCUT2D eigenvalue weighted by molar-refractivity contribution is 0.0776. The zero-order chi connectivity index (χ0) is 10.7. The van der Waals surface area contributed by atoms with Gasteiger partial charge < -0.3 is 20.4 Å². The van der Waals surface area contributed by atoms with Crippen molar-refractivity contribution in [1.29, 1.82) is 0 Å². The zero-order valence-electron chi connectivity index (χ0n) is 8.49. The molecule has 1 fully saturated rings. The molecular formula is C9H14N4O2. The zero-order valence-corrected chi connectivity index (χ0v) is 8.49. The molecule has 1 aliphatic heterocycles. The molecule has 0 aliphatic carbocycles. The van der Waals surface area contributed by atoms with Gasteiger partial charge in [0.15, 0.2) is 0 Å². The Morgan fingerprint density at radius 1 is 1.67 bits per heavy atom. The first kappa shape index (κ1) is 10.1. The Bertz CT molecular complexity index is 325. The normalized spacial score (nSPS) is 25.4. The van der Waals surface area contributed by atoms with E-state index in [1.54, 1.807) is 7.11 Å². The Hall–Kier alpha value is -1.40. The number of nitrogens with zero attached hydrogens (tertiary/aromatic N) is 1. The Morgan fingerprint density at radius 2 is 2.53 bits per heavy atom. The summed E-state index contributed by atoms with van der Waals surface area (Å²) in [7, 11) is 1.65. The number of ether oxygens (including phenoxy) is 1. The minimum absolute atomic E-state index is 0.0193. The summed E-state index contributed by atoms with van der Waals surface area (Å²) < 4.78 is 5.24. The fourth-order valence-corrected chi connectivity index (χ4v) is 1.67. The largest absolute Gasteiger partial charge is 0.378 e. The standard InChI is InChI=1S/C9H14N4O2/c1-15-8-4-10-2-6(8)13-9(14)7-3-11-5-12-7/h3,5-6,8,10H,2,4H2,1H3,(H,11,12)(H,13,14)/t6?,8-/m0/s1. The van der Waals surface area contributed by atoms with Gasteiger partial charge in [0.2, 0.25) is 0 Å². The van der Waals surface area contributed by atoms with Gasteiger partial charge in [-0.25, -0.2) is 4.98 Å². The van der Waals surface area contributed by atoms with Crippen molar-refractivity contribution in [3.63, 3.8) is 0 Å². The van der Waals surface area contributed by atoms with Crippen LogP contribution in [-0.2, 0) is 4.74 Å². The van der Waals surface area contributed by atoms with Crippen molar-refractivity contribution in [3.8, 4) is 0 Å². The van der Waals surface area contributed by atoms with Gasteiger partial charge >= 0.3 is 0 Å². The number of aromatic amines is 1. The minimum Gasteiger partial charge on any atom is -0.378 e. The first-order valence-corrected chi connectivity index (χ1v) is 4.84. The van der Waals surface area contributed by atoms with Gasteiger partial charge in [0, 0.05) is 20.2 Å². The third-order valence-corrected chi connectivity index (χ3v) is 2.52. The van der Waals surface area contributed by atoms with Gasteiger partial charge in [-0.15, -0.1) is 0 Å². The lowest BCUT2D eigenvalue weighted by atomic mass is 10.2. The molecule has 1 amide bonds. The quantitative estimate of drug-likeness (QED) is 0.605. The van der Waals surface area contributed by atoms with E-state index >= 15 is 0 Å². The molecule has 0 spiro atoms. The van der Waals surface area contributed by atoms with Crippen molar-refractivity contribution >= 4 is 5.91 Å². The van der Waals surface area contributed by atoms with E-state index in [0.717, 1.165) is 13.1 Å². The highest BCUT2D eigenvalue weighted by atomic mass is 16.5. The van der Waals surface area contributed by atoms with E-state index < -0.39 is 0 Å². The maximum Gasteiger partial charge on any atom is 0.269 e. The van der Waals surface area contributed by atoms with E-state index in [1.807, 2.05) is 0 Å². The summed E-state index contributed by atoms with van der Waals surface area (Å²) in [4.78, 5) is 18.2. The molecule has 0 bridgehead atoms. The molecule has 1 aliphatic rings. The Balaban J connectivity index is 1.94. The lowest BCUT2D eigenvalue weighted by Crippen LogP contribution is -2.43. The minimum atomic E-state index is -0.150. The van der Waals surface area contributed by atoms with Crippen molar-refractivity contribution in [1.82, 2.24) is 20.6 Å². The number of hydrogen-bond donors (Lipinski definition) is 3. The van der Waals surface area contributed by atoms with Crippen LogP contribution in [0.1, 0.15) is 10.5 Å². The Labute approximate surface area is 87.4 Å². The van der Waals surface area contributed by atoms with Crippen LogP contribution < -0.4 is 10.6 Å². The molecule has 3 N–H and O–H groups in total. The molecule has 2 rings (SSSR count). The number of hydrogen-bond acceptors (Lipinski definition) is 4. The number of methoxy groups -OCH3 is 1. The van der Waals surface area contributed by atoms with Gasteiger partial charge in [-0.05, 0) is 0 Å². The number of aromatic nitrogens is 2. The van der Waals surface area contributed by atoms with E-state index in [9.17, 15) is 4.79 Å². The van der Waals surface area contributed by atoms with Crippen molar-refractivity contribution in [2.75, 3.05) is 20.2 Å². The van der Waals surface area contributed by atoms with Gasteiger partial charge in [-0.1, -0.05) is 0 Å². The van der Waals surface area contributed by atoms with Crippen LogP contribution in [-0.4, -0.2) is 48.2 Å². The fraction of sp³-hybridized carbons (Fsp3) is 0.556. The van der Waals surface area contributed by atoms with Crippen molar-refractivity contribution in [2.24, 2.45) is 0 Å². The van der Waals surface area contributed by atoms with Crippen LogP contribution >= 0.6 is 0 Å². The molecule has 0 aromatic carbocycles. The molecule has 0 radical (unpaired) electrons. The maximum atomic E-state index is 11.7.